The van der Waals surface area contributed by atoms with Gasteiger partial charge in [-0.25, -0.2) is 0 Å². The fourth-order valence-electron chi connectivity index (χ4n) is 3.38. The fraction of sp³-hybridized carbons (Fsp3) is 0.474. The molecule has 5 N–H and O–H groups in total. The molecule has 0 saturated carbocycles. The summed E-state index contributed by atoms with van der Waals surface area (Å²) in [7, 11) is 0. The number of nitrogen functional groups attached to an aromatic ring is 1. The lowest BCUT2D eigenvalue weighted by Crippen LogP contribution is -2.42. The van der Waals surface area contributed by atoms with Crippen molar-refractivity contribution in [1.82, 2.24) is 5.32 Å². The lowest BCUT2D eigenvalue weighted by atomic mass is 9.97. The van der Waals surface area contributed by atoms with E-state index in [0.29, 0.717) is 30.6 Å². The van der Waals surface area contributed by atoms with Gasteiger partial charge in [-0.05, 0) is 44.0 Å². The van der Waals surface area contributed by atoms with Crippen LogP contribution in [0, 0.1) is 17.2 Å². The van der Waals surface area contributed by atoms with E-state index in [2.05, 4.69) is 5.32 Å². The van der Waals surface area contributed by atoms with Crippen LogP contribution in [-0.4, -0.2) is 41.3 Å². The molecule has 8 heteroatoms. The Balaban J connectivity index is 1.95. The summed E-state index contributed by atoms with van der Waals surface area (Å²) >= 11 is 0. The largest absolute Gasteiger partial charge is 0.481 e. The first kappa shape index (κ1) is 20.4. The van der Waals surface area contributed by atoms with Gasteiger partial charge in [0.2, 0.25) is 11.8 Å². The highest BCUT2D eigenvalue weighted by Gasteiger charge is 2.34. The molecule has 0 aliphatic carbocycles. The third-order valence-corrected chi connectivity index (χ3v) is 4.99. The summed E-state index contributed by atoms with van der Waals surface area (Å²) in [6.07, 6.45) is 1.02. The maximum absolute atomic E-state index is 12.6. The van der Waals surface area contributed by atoms with E-state index in [1.165, 1.54) is 0 Å². The Hall–Kier alpha value is -2.90. The zero-order valence-electron chi connectivity index (χ0n) is 15.6. The number of hydrogen-bond acceptors (Lipinski definition) is 4. The van der Waals surface area contributed by atoms with E-state index in [-0.39, 0.29) is 24.1 Å². The molecule has 0 aromatic heterocycles. The van der Waals surface area contributed by atoms with Gasteiger partial charge in [-0.1, -0.05) is 6.92 Å². The smallest absolute Gasteiger partial charge is 0.308 e. The van der Waals surface area contributed by atoms with Gasteiger partial charge in [0, 0.05) is 36.2 Å². The number of benzene rings is 1. The van der Waals surface area contributed by atoms with Crippen LogP contribution in [0.15, 0.2) is 24.3 Å². The van der Waals surface area contributed by atoms with Crippen molar-refractivity contribution in [2.24, 2.45) is 17.6 Å². The van der Waals surface area contributed by atoms with E-state index >= 15 is 0 Å². The van der Waals surface area contributed by atoms with Gasteiger partial charge < -0.3 is 21.1 Å². The fourth-order valence-corrected chi connectivity index (χ4v) is 3.38. The maximum atomic E-state index is 12.6. The van der Waals surface area contributed by atoms with Crippen LogP contribution in [0.25, 0.3) is 0 Å². The lowest BCUT2D eigenvalue weighted by molar-refractivity contribution is -0.143. The molecule has 2 rings (SSSR count). The van der Waals surface area contributed by atoms with E-state index in [0.717, 1.165) is 0 Å². The minimum atomic E-state index is -0.942. The number of nitrogens with zero attached hydrogens (tertiary/aromatic N) is 1. The summed E-state index contributed by atoms with van der Waals surface area (Å²) in [4.78, 5) is 37.7. The number of carboxylic acid groups (broad SMARTS) is 1. The molecule has 2 amide bonds. The number of nitrogens with two attached hydrogens (primary N) is 1. The molecule has 1 aliphatic heterocycles. The molecule has 1 fully saturated rings. The number of amidine groups is 1. The molecular weight excluding hydrogens is 348 g/mol. The van der Waals surface area contributed by atoms with Crippen LogP contribution in [0.5, 0.6) is 0 Å². The number of nitrogens with one attached hydrogen (secondary N) is 2. The van der Waals surface area contributed by atoms with Gasteiger partial charge in [-0.2, -0.15) is 0 Å². The van der Waals surface area contributed by atoms with Crippen LogP contribution in [-0.2, 0) is 14.4 Å². The van der Waals surface area contributed by atoms with E-state index in [4.69, 9.17) is 16.2 Å². The number of carboxylic acids is 1. The average molecular weight is 374 g/mol. The Kier molecular flexibility index (Phi) is 6.55. The van der Waals surface area contributed by atoms with Crippen LogP contribution in [0.2, 0.25) is 0 Å². The Bertz CT molecular complexity index is 732. The number of carbonyl (C=O) groups is 3. The summed E-state index contributed by atoms with van der Waals surface area (Å²) in [5, 5.41) is 19.3. The molecule has 146 valence electrons. The van der Waals surface area contributed by atoms with Crippen molar-refractivity contribution >= 4 is 29.3 Å². The number of aliphatic carboxylic acids is 1. The minimum absolute atomic E-state index is 0.0373. The van der Waals surface area contributed by atoms with Crippen LogP contribution in [0.4, 0.5) is 5.69 Å². The predicted molar refractivity (Wildman–Crippen MR) is 102 cm³/mol. The van der Waals surface area contributed by atoms with Gasteiger partial charge in [-0.15, -0.1) is 0 Å². The molecular formula is C19H26N4O4. The molecule has 0 spiro atoms. The van der Waals surface area contributed by atoms with Gasteiger partial charge in [-0.3, -0.25) is 19.8 Å². The Morgan fingerprint density at radius 2 is 2.00 bits per heavy atom. The quantitative estimate of drug-likeness (QED) is 0.402. The van der Waals surface area contributed by atoms with Crippen molar-refractivity contribution in [3.05, 3.63) is 29.8 Å². The average Bonchev–Trinajstić information content (AvgIpc) is 2.95. The predicted octanol–water partition coefficient (Wildman–Crippen LogP) is 1.33. The van der Waals surface area contributed by atoms with Crippen molar-refractivity contribution in [1.29, 1.82) is 5.41 Å². The first-order valence-electron chi connectivity index (χ1n) is 9.02. The summed E-state index contributed by atoms with van der Waals surface area (Å²) in [5.41, 5.74) is 6.72. The molecule has 1 aliphatic rings. The molecule has 3 atom stereocenters. The normalized spacial score (nSPS) is 18.8. The van der Waals surface area contributed by atoms with Crippen molar-refractivity contribution < 1.29 is 19.5 Å². The number of carbonyl (C=O) groups excluding carboxylic acids is 2. The van der Waals surface area contributed by atoms with Crippen molar-refractivity contribution in [2.45, 2.75) is 39.2 Å². The Morgan fingerprint density at radius 1 is 1.37 bits per heavy atom. The van der Waals surface area contributed by atoms with Crippen molar-refractivity contribution in [3.63, 3.8) is 0 Å². The summed E-state index contributed by atoms with van der Waals surface area (Å²) in [6.45, 7) is 3.94. The molecule has 0 bridgehead atoms. The highest BCUT2D eigenvalue weighted by atomic mass is 16.4. The van der Waals surface area contributed by atoms with E-state index < -0.39 is 23.8 Å². The highest BCUT2D eigenvalue weighted by molar-refractivity contribution is 6.00. The minimum Gasteiger partial charge on any atom is -0.481 e. The topological polar surface area (TPSA) is 137 Å². The van der Waals surface area contributed by atoms with Gasteiger partial charge in [0.25, 0.3) is 0 Å². The van der Waals surface area contributed by atoms with E-state index in [1.807, 2.05) is 0 Å². The van der Waals surface area contributed by atoms with Crippen LogP contribution < -0.4 is 16.0 Å². The van der Waals surface area contributed by atoms with E-state index in [1.54, 1.807) is 43.0 Å². The maximum Gasteiger partial charge on any atom is 0.308 e. The monoisotopic (exact) mass is 374 g/mol. The summed E-state index contributed by atoms with van der Waals surface area (Å²) in [6, 6.07) is 6.34. The zero-order valence-corrected chi connectivity index (χ0v) is 15.6. The van der Waals surface area contributed by atoms with Crippen LogP contribution in [0.3, 0.4) is 0 Å². The standard InChI is InChI=1S/C19H26N4O4/c1-3-15(19(26)27)11(2)22-16(24)10-13-8-9-23(18(13)25)14-6-4-12(5-7-14)17(20)21/h4-7,11,13,15H,3,8-10H2,1-2H3,(H3,20,21)(H,22,24)(H,26,27). The third-order valence-electron chi connectivity index (χ3n) is 4.99. The SMILES string of the molecule is CCC(C(=O)O)C(C)NC(=O)CC1CCN(c2ccc(C(=N)N)cc2)C1=O. The Labute approximate surface area is 158 Å². The Morgan fingerprint density at radius 3 is 2.52 bits per heavy atom. The second-order valence-electron chi connectivity index (χ2n) is 6.85. The number of anilines is 1. The molecule has 1 heterocycles. The summed E-state index contributed by atoms with van der Waals surface area (Å²) < 4.78 is 0. The third kappa shape index (κ3) is 4.84. The van der Waals surface area contributed by atoms with Crippen LogP contribution in [0.1, 0.15) is 38.7 Å². The molecule has 8 nitrogen and oxygen atoms in total. The molecule has 1 aromatic carbocycles. The first-order chi connectivity index (χ1) is 12.7. The number of rotatable bonds is 8. The summed E-state index contributed by atoms with van der Waals surface area (Å²) in [5.74, 6) is -2.49. The molecule has 1 aromatic rings. The molecule has 0 radical (unpaired) electrons. The first-order valence-corrected chi connectivity index (χ1v) is 9.02. The lowest BCUT2D eigenvalue weighted by Gasteiger charge is -2.21. The van der Waals surface area contributed by atoms with Crippen molar-refractivity contribution in [3.8, 4) is 0 Å². The highest BCUT2D eigenvalue weighted by Crippen LogP contribution is 2.27. The molecule has 3 unspecified atom stereocenters. The van der Waals surface area contributed by atoms with Crippen molar-refractivity contribution in [2.75, 3.05) is 11.4 Å². The number of amides is 2. The number of hydrogen-bond donors (Lipinski definition) is 4. The van der Waals surface area contributed by atoms with Gasteiger partial charge >= 0.3 is 5.97 Å². The van der Waals surface area contributed by atoms with Gasteiger partial charge in [0.05, 0.1) is 5.92 Å². The molecule has 1 saturated heterocycles. The zero-order chi connectivity index (χ0) is 20.1. The second kappa shape index (κ2) is 8.66. The van der Waals surface area contributed by atoms with E-state index in [9.17, 15) is 14.4 Å². The van der Waals surface area contributed by atoms with Crippen LogP contribution >= 0.6 is 0 Å². The second-order valence-corrected chi connectivity index (χ2v) is 6.85. The van der Waals surface area contributed by atoms with Gasteiger partial charge in [0.1, 0.15) is 5.84 Å². The van der Waals surface area contributed by atoms with Gasteiger partial charge in [0.15, 0.2) is 0 Å². The molecule has 27 heavy (non-hydrogen) atoms.